The molecule has 0 aliphatic heterocycles. The molecule has 1 aliphatic carbocycles. The standard InChI is InChI=1S/C18H17N3O4/c1-18(2,3)21-17(24)25-9-10-7-12-14(20-8-10)16(23)13-11(15(12)22)5-4-6-19-13/h4-8H,9H2,1-3H3,(H,21,24). The number of fused-ring (bicyclic) bond motifs is 2. The molecule has 0 unspecified atom stereocenters. The second kappa shape index (κ2) is 6.08. The van der Waals surface area contributed by atoms with Gasteiger partial charge in [0.05, 0.1) is 11.1 Å². The second-order valence-electron chi connectivity index (χ2n) is 6.75. The summed E-state index contributed by atoms with van der Waals surface area (Å²) in [6, 6.07) is 4.70. The number of rotatable bonds is 2. The number of alkyl carbamates (subject to hydrolysis) is 1. The van der Waals surface area contributed by atoms with E-state index < -0.39 is 11.6 Å². The molecule has 0 radical (unpaired) electrons. The molecule has 2 aromatic heterocycles. The van der Waals surface area contributed by atoms with Gasteiger partial charge in [0, 0.05) is 23.5 Å². The quantitative estimate of drug-likeness (QED) is 0.769. The van der Waals surface area contributed by atoms with E-state index in [1.165, 1.54) is 18.5 Å². The van der Waals surface area contributed by atoms with E-state index in [0.29, 0.717) is 5.56 Å². The van der Waals surface area contributed by atoms with Crippen molar-refractivity contribution in [3.8, 4) is 0 Å². The van der Waals surface area contributed by atoms with Gasteiger partial charge in [0.1, 0.15) is 18.0 Å². The molecule has 25 heavy (non-hydrogen) atoms. The molecule has 2 aromatic rings. The monoisotopic (exact) mass is 339 g/mol. The average Bonchev–Trinajstić information content (AvgIpc) is 2.56. The summed E-state index contributed by atoms with van der Waals surface area (Å²) in [5.41, 5.74) is 0.745. The van der Waals surface area contributed by atoms with Crippen LogP contribution < -0.4 is 5.32 Å². The van der Waals surface area contributed by atoms with Crippen LogP contribution in [0.1, 0.15) is 58.4 Å². The van der Waals surface area contributed by atoms with Crippen molar-refractivity contribution >= 4 is 17.7 Å². The maximum absolute atomic E-state index is 12.6. The van der Waals surface area contributed by atoms with E-state index in [-0.39, 0.29) is 40.7 Å². The van der Waals surface area contributed by atoms with Gasteiger partial charge in [0.2, 0.25) is 5.78 Å². The molecule has 3 rings (SSSR count). The van der Waals surface area contributed by atoms with Gasteiger partial charge in [-0.25, -0.2) is 4.79 Å². The number of nitrogens with one attached hydrogen (secondary N) is 1. The Morgan fingerprint density at radius 2 is 1.84 bits per heavy atom. The van der Waals surface area contributed by atoms with Crippen LogP contribution in [0.25, 0.3) is 0 Å². The number of nitrogens with zero attached hydrogens (tertiary/aromatic N) is 2. The van der Waals surface area contributed by atoms with Gasteiger partial charge in [-0.05, 0) is 39.0 Å². The lowest BCUT2D eigenvalue weighted by Crippen LogP contribution is -2.40. The van der Waals surface area contributed by atoms with Gasteiger partial charge in [0.25, 0.3) is 0 Å². The first-order valence-electron chi connectivity index (χ1n) is 7.74. The first kappa shape index (κ1) is 16.8. The molecule has 0 atom stereocenters. The lowest BCUT2D eigenvalue weighted by molar-refractivity contribution is 0.0970. The maximum atomic E-state index is 12.6. The first-order valence-corrected chi connectivity index (χ1v) is 7.74. The minimum atomic E-state index is -0.567. The average molecular weight is 339 g/mol. The highest BCUT2D eigenvalue weighted by Crippen LogP contribution is 2.25. The van der Waals surface area contributed by atoms with E-state index in [1.807, 2.05) is 20.8 Å². The highest BCUT2D eigenvalue weighted by molar-refractivity contribution is 6.26. The van der Waals surface area contributed by atoms with Crippen molar-refractivity contribution in [1.29, 1.82) is 0 Å². The minimum absolute atomic E-state index is 0.0520. The zero-order chi connectivity index (χ0) is 18.2. The molecule has 0 spiro atoms. The molecule has 1 N–H and O–H groups in total. The van der Waals surface area contributed by atoms with Gasteiger partial charge in [-0.3, -0.25) is 19.6 Å². The lowest BCUT2D eigenvalue weighted by atomic mass is 9.90. The summed E-state index contributed by atoms with van der Waals surface area (Å²) in [7, 11) is 0. The highest BCUT2D eigenvalue weighted by Gasteiger charge is 2.32. The van der Waals surface area contributed by atoms with Gasteiger partial charge < -0.3 is 10.1 Å². The number of carbonyl (C=O) groups excluding carboxylic acids is 3. The molecule has 0 aromatic carbocycles. The van der Waals surface area contributed by atoms with Crippen molar-refractivity contribution in [3.63, 3.8) is 0 Å². The third-order valence-corrected chi connectivity index (χ3v) is 3.52. The van der Waals surface area contributed by atoms with E-state index >= 15 is 0 Å². The van der Waals surface area contributed by atoms with E-state index in [9.17, 15) is 14.4 Å². The molecule has 0 fully saturated rings. The summed E-state index contributed by atoms with van der Waals surface area (Å²) in [6.45, 7) is 5.46. The molecule has 0 saturated heterocycles. The Morgan fingerprint density at radius 1 is 1.12 bits per heavy atom. The van der Waals surface area contributed by atoms with Crippen molar-refractivity contribution in [1.82, 2.24) is 15.3 Å². The number of ketones is 2. The highest BCUT2D eigenvalue weighted by atomic mass is 16.5. The van der Waals surface area contributed by atoms with Crippen molar-refractivity contribution in [2.45, 2.75) is 32.9 Å². The number of ether oxygens (including phenoxy) is 1. The van der Waals surface area contributed by atoms with Crippen molar-refractivity contribution < 1.29 is 19.1 Å². The Morgan fingerprint density at radius 3 is 2.56 bits per heavy atom. The molecule has 2 heterocycles. The molecule has 1 aliphatic rings. The minimum Gasteiger partial charge on any atom is -0.445 e. The largest absolute Gasteiger partial charge is 0.445 e. The normalized spacial score (nSPS) is 13.1. The predicted molar refractivity (Wildman–Crippen MR) is 88.4 cm³/mol. The molecule has 0 bridgehead atoms. The predicted octanol–water partition coefficient (Wildman–Crippen LogP) is 2.28. The third kappa shape index (κ3) is 3.40. The Kier molecular flexibility index (Phi) is 4.08. The van der Waals surface area contributed by atoms with Crippen LogP contribution in [0.3, 0.4) is 0 Å². The number of amides is 1. The first-order chi connectivity index (χ1) is 11.8. The molecule has 128 valence electrons. The Bertz CT molecular complexity index is 884. The lowest BCUT2D eigenvalue weighted by Gasteiger charge is -2.20. The van der Waals surface area contributed by atoms with Gasteiger partial charge in [-0.2, -0.15) is 0 Å². The Labute approximate surface area is 144 Å². The van der Waals surface area contributed by atoms with Crippen LogP contribution in [0.15, 0.2) is 30.6 Å². The molecule has 7 nitrogen and oxygen atoms in total. The van der Waals surface area contributed by atoms with Crippen LogP contribution in [-0.2, 0) is 11.3 Å². The second-order valence-corrected chi connectivity index (χ2v) is 6.75. The number of pyridine rings is 2. The van der Waals surface area contributed by atoms with Crippen LogP contribution in [0.4, 0.5) is 4.79 Å². The smallest absolute Gasteiger partial charge is 0.407 e. The van der Waals surface area contributed by atoms with Crippen molar-refractivity contribution in [2.75, 3.05) is 0 Å². The molecule has 7 heteroatoms. The van der Waals surface area contributed by atoms with Crippen LogP contribution >= 0.6 is 0 Å². The summed E-state index contributed by atoms with van der Waals surface area (Å²) in [6.07, 6.45) is 2.31. The maximum Gasteiger partial charge on any atom is 0.407 e. The summed E-state index contributed by atoms with van der Waals surface area (Å²) in [5, 5.41) is 2.67. The van der Waals surface area contributed by atoms with Crippen LogP contribution in [0.2, 0.25) is 0 Å². The van der Waals surface area contributed by atoms with E-state index in [2.05, 4.69) is 15.3 Å². The molecule has 0 saturated carbocycles. The Balaban J connectivity index is 1.82. The molecular formula is C18H17N3O4. The molecular weight excluding hydrogens is 322 g/mol. The van der Waals surface area contributed by atoms with Crippen LogP contribution in [0, 0.1) is 0 Å². The van der Waals surface area contributed by atoms with Crippen LogP contribution in [-0.4, -0.2) is 33.2 Å². The fourth-order valence-corrected chi connectivity index (χ4v) is 2.46. The Hall–Kier alpha value is -3.09. The number of aromatic nitrogens is 2. The zero-order valence-electron chi connectivity index (χ0n) is 14.1. The summed E-state index contributed by atoms with van der Waals surface area (Å²) < 4.78 is 5.13. The third-order valence-electron chi connectivity index (χ3n) is 3.52. The number of hydrogen-bond donors (Lipinski definition) is 1. The summed E-state index contributed by atoms with van der Waals surface area (Å²) >= 11 is 0. The fraction of sp³-hybridized carbons (Fsp3) is 0.278. The van der Waals surface area contributed by atoms with Gasteiger partial charge >= 0.3 is 6.09 Å². The van der Waals surface area contributed by atoms with E-state index in [4.69, 9.17) is 4.74 Å². The van der Waals surface area contributed by atoms with Gasteiger partial charge in [-0.1, -0.05) is 0 Å². The number of hydrogen-bond acceptors (Lipinski definition) is 6. The summed E-state index contributed by atoms with van der Waals surface area (Å²) in [4.78, 5) is 44.8. The van der Waals surface area contributed by atoms with E-state index in [1.54, 1.807) is 12.1 Å². The number of carbonyl (C=O) groups is 3. The van der Waals surface area contributed by atoms with Crippen molar-refractivity contribution in [3.05, 3.63) is 58.7 Å². The van der Waals surface area contributed by atoms with Gasteiger partial charge in [0.15, 0.2) is 5.78 Å². The SMILES string of the molecule is CC(C)(C)NC(=O)OCc1cnc2c(c1)C(=O)c1cccnc1C2=O. The van der Waals surface area contributed by atoms with Crippen molar-refractivity contribution in [2.24, 2.45) is 0 Å². The van der Waals surface area contributed by atoms with Gasteiger partial charge in [-0.15, -0.1) is 0 Å². The fourth-order valence-electron chi connectivity index (χ4n) is 2.46. The zero-order valence-corrected chi connectivity index (χ0v) is 14.1. The van der Waals surface area contributed by atoms with E-state index in [0.717, 1.165) is 0 Å². The summed E-state index contributed by atoms with van der Waals surface area (Å²) in [5.74, 6) is -0.700. The van der Waals surface area contributed by atoms with Crippen LogP contribution in [0.5, 0.6) is 0 Å². The topological polar surface area (TPSA) is 98.2 Å². The molecule has 1 amide bonds.